The molecule has 0 amide bonds. The number of nitrogens with zero attached hydrogens (tertiary/aromatic N) is 4. The molecule has 2 N–H and O–H groups in total. The Hall–Kier alpha value is -3.26. The lowest BCUT2D eigenvalue weighted by Crippen LogP contribution is -2.23. The second kappa shape index (κ2) is 7.95. The zero-order valence-electron chi connectivity index (χ0n) is 18.5. The van der Waals surface area contributed by atoms with Crippen molar-refractivity contribution in [2.75, 3.05) is 29.9 Å². The molecule has 8 heteroatoms. The Kier molecular flexibility index (Phi) is 4.90. The quantitative estimate of drug-likeness (QED) is 0.718. The minimum Gasteiger partial charge on any atom is -0.421 e. The minimum atomic E-state index is -0.401. The molecule has 1 atom stereocenters. The highest BCUT2D eigenvalue weighted by Gasteiger charge is 2.28. The fraction of sp³-hybridized carbons (Fsp3) is 0.400. The monoisotopic (exact) mass is 447 g/mol. The van der Waals surface area contributed by atoms with Crippen LogP contribution >= 0.6 is 0 Å². The van der Waals surface area contributed by atoms with Crippen LogP contribution in [0.25, 0.3) is 6.08 Å². The van der Waals surface area contributed by atoms with Crippen LogP contribution in [0.1, 0.15) is 37.3 Å². The maximum absolute atomic E-state index is 15.1. The number of hydrogen-bond donors (Lipinski definition) is 2. The number of aromatic nitrogens is 2. The predicted molar refractivity (Wildman–Crippen MR) is 125 cm³/mol. The fourth-order valence-corrected chi connectivity index (χ4v) is 4.68. The molecular weight excluding hydrogens is 421 g/mol. The van der Waals surface area contributed by atoms with E-state index in [1.807, 2.05) is 30.0 Å². The fourth-order valence-electron chi connectivity index (χ4n) is 4.68. The van der Waals surface area contributed by atoms with Crippen LogP contribution < -0.4 is 15.0 Å². The van der Waals surface area contributed by atoms with Crippen LogP contribution in [0.5, 0.6) is 11.8 Å². The highest BCUT2D eigenvalue weighted by atomic mass is 19.1. The molecule has 0 bridgehead atoms. The molecule has 2 aromatic rings. The summed E-state index contributed by atoms with van der Waals surface area (Å²) >= 11 is 0. The molecule has 1 saturated heterocycles. The molecule has 1 unspecified atom stereocenters. The molecule has 3 heterocycles. The summed E-state index contributed by atoms with van der Waals surface area (Å²) in [7, 11) is 0. The van der Waals surface area contributed by atoms with Crippen LogP contribution in [0.15, 0.2) is 40.4 Å². The first-order chi connectivity index (χ1) is 16.0. The smallest absolute Gasteiger partial charge is 0.326 e. The van der Waals surface area contributed by atoms with Gasteiger partial charge in [-0.15, -0.1) is 0 Å². The molecule has 1 aromatic heterocycles. The Labute approximate surface area is 191 Å². The molecule has 2 aliphatic heterocycles. The lowest BCUT2D eigenvalue weighted by Gasteiger charge is -2.18. The Morgan fingerprint density at radius 1 is 1.18 bits per heavy atom. The molecule has 4 aliphatic rings. The van der Waals surface area contributed by atoms with E-state index in [2.05, 4.69) is 26.4 Å². The van der Waals surface area contributed by atoms with Gasteiger partial charge in [0.05, 0.1) is 12.6 Å². The number of halogens is 1. The van der Waals surface area contributed by atoms with Gasteiger partial charge >= 0.3 is 6.01 Å². The summed E-state index contributed by atoms with van der Waals surface area (Å²) in [4.78, 5) is 15.6. The van der Waals surface area contributed by atoms with Crippen molar-refractivity contribution in [3.63, 3.8) is 0 Å². The number of hydrogen-bond acceptors (Lipinski definition) is 7. The summed E-state index contributed by atoms with van der Waals surface area (Å²) in [5.74, 6) is 2.28. The van der Waals surface area contributed by atoms with Crippen molar-refractivity contribution in [1.29, 1.82) is 0 Å². The number of aliphatic hydroxyl groups excluding tert-OH is 1. The van der Waals surface area contributed by atoms with Gasteiger partial charge in [-0.05, 0) is 61.8 Å². The number of ether oxygens (including phenoxy) is 1. The zero-order chi connectivity index (χ0) is 22.5. The number of amidine groups is 1. The molecule has 1 saturated carbocycles. The van der Waals surface area contributed by atoms with Crippen LogP contribution in [0, 0.1) is 11.7 Å². The van der Waals surface area contributed by atoms with E-state index < -0.39 is 11.9 Å². The molecule has 1 aromatic carbocycles. The van der Waals surface area contributed by atoms with Gasteiger partial charge < -0.3 is 20.1 Å². The maximum atomic E-state index is 15.1. The van der Waals surface area contributed by atoms with Crippen molar-refractivity contribution < 1.29 is 14.2 Å². The summed E-state index contributed by atoms with van der Waals surface area (Å²) in [5, 5.41) is 13.3. The van der Waals surface area contributed by atoms with Gasteiger partial charge in [0.25, 0.3) is 0 Å². The topological polar surface area (TPSA) is 82.9 Å². The number of rotatable bonds is 5. The molecule has 0 radical (unpaired) electrons. The first-order valence-corrected chi connectivity index (χ1v) is 11.5. The highest BCUT2D eigenvalue weighted by Crippen LogP contribution is 2.38. The number of fused-ring (bicyclic) bond motifs is 1. The molecule has 0 spiro atoms. The molecule has 6 rings (SSSR count). The van der Waals surface area contributed by atoms with Crippen molar-refractivity contribution in [3.8, 4) is 11.8 Å². The van der Waals surface area contributed by atoms with Crippen LogP contribution in [0.3, 0.4) is 0 Å². The third-order valence-electron chi connectivity index (χ3n) is 6.59. The van der Waals surface area contributed by atoms with Crippen LogP contribution in [-0.2, 0) is 6.42 Å². The van der Waals surface area contributed by atoms with E-state index in [-0.39, 0.29) is 11.8 Å². The van der Waals surface area contributed by atoms with Crippen molar-refractivity contribution in [1.82, 2.24) is 9.97 Å². The molecule has 33 heavy (non-hydrogen) atoms. The van der Waals surface area contributed by atoms with Gasteiger partial charge in [-0.2, -0.15) is 9.97 Å². The van der Waals surface area contributed by atoms with E-state index in [1.165, 1.54) is 18.4 Å². The second-order valence-electron chi connectivity index (χ2n) is 9.32. The van der Waals surface area contributed by atoms with Crippen molar-refractivity contribution in [3.05, 3.63) is 52.4 Å². The Bertz CT molecular complexity index is 1220. The lowest BCUT2D eigenvalue weighted by molar-refractivity contribution is 0.198. The average molecular weight is 448 g/mol. The van der Waals surface area contributed by atoms with Gasteiger partial charge in [-0.1, -0.05) is 17.7 Å². The summed E-state index contributed by atoms with van der Waals surface area (Å²) < 4.78 is 21.0. The summed E-state index contributed by atoms with van der Waals surface area (Å²) in [6.45, 7) is 3.88. The number of aliphatic hydroxyl groups is 1. The highest BCUT2D eigenvalue weighted by molar-refractivity contribution is 6.05. The summed E-state index contributed by atoms with van der Waals surface area (Å²) in [6, 6.07) is 5.40. The van der Waals surface area contributed by atoms with Crippen LogP contribution in [0.2, 0.25) is 0 Å². The summed E-state index contributed by atoms with van der Waals surface area (Å²) in [5.41, 5.74) is 4.00. The maximum Gasteiger partial charge on any atom is 0.326 e. The summed E-state index contributed by atoms with van der Waals surface area (Å²) in [6.07, 6.45) is 7.46. The van der Waals surface area contributed by atoms with Gasteiger partial charge in [-0.3, -0.25) is 4.99 Å². The van der Waals surface area contributed by atoms with E-state index in [1.54, 1.807) is 6.07 Å². The number of nitrogens with one attached hydrogen (secondary N) is 1. The second-order valence-corrected chi connectivity index (χ2v) is 9.32. The normalized spacial score (nSPS) is 21.6. The van der Waals surface area contributed by atoms with E-state index in [9.17, 15) is 5.11 Å². The SMILES string of the molecule is CC1=Cc2c(ccc(Oc3nc(NC4=NCC(C5CC5)=C4)cc(N4CCC(O)C4)n3)c2F)C1. The number of allylic oxidation sites excluding steroid dienone is 1. The van der Waals surface area contributed by atoms with Gasteiger partial charge in [-0.25, -0.2) is 4.39 Å². The number of anilines is 2. The number of β-amino-alcohol motifs (C(OH)–C–C–N with tert-alkyl or cyclic N) is 1. The largest absolute Gasteiger partial charge is 0.421 e. The van der Waals surface area contributed by atoms with Gasteiger partial charge in [0.15, 0.2) is 11.6 Å². The van der Waals surface area contributed by atoms with Gasteiger partial charge in [0.2, 0.25) is 0 Å². The van der Waals surface area contributed by atoms with Crippen LogP contribution in [-0.4, -0.2) is 46.6 Å². The standard InChI is InChI=1S/C25H26FN5O2/c1-14-8-16-4-5-20(24(26)19(16)9-14)33-25-29-22(11-23(30-25)31-7-6-18(32)13-31)28-21-10-17(12-27-21)15-2-3-15/h4-5,9-11,15,18,32H,2-3,6-8,12-13H2,1H3,(H,27,28,29,30). The van der Waals surface area contributed by atoms with E-state index >= 15 is 4.39 Å². The number of benzene rings is 1. The van der Waals surface area contributed by atoms with Gasteiger partial charge in [0, 0.05) is 24.7 Å². The van der Waals surface area contributed by atoms with Crippen LogP contribution in [0.4, 0.5) is 16.0 Å². The lowest BCUT2D eigenvalue weighted by atomic mass is 10.1. The third-order valence-corrected chi connectivity index (χ3v) is 6.59. The first-order valence-electron chi connectivity index (χ1n) is 11.5. The van der Waals surface area contributed by atoms with Crippen molar-refractivity contribution in [2.45, 2.75) is 38.7 Å². The van der Waals surface area contributed by atoms with E-state index in [0.717, 1.165) is 29.9 Å². The van der Waals surface area contributed by atoms with Gasteiger partial charge in [0.1, 0.15) is 17.5 Å². The third kappa shape index (κ3) is 4.11. The molecule has 2 fully saturated rings. The zero-order valence-corrected chi connectivity index (χ0v) is 18.5. The minimum absolute atomic E-state index is 0.0546. The molecule has 7 nitrogen and oxygen atoms in total. The first kappa shape index (κ1) is 20.4. The Balaban J connectivity index is 1.30. The Morgan fingerprint density at radius 2 is 2.06 bits per heavy atom. The molecular formula is C25H26FN5O2. The van der Waals surface area contributed by atoms with E-state index in [4.69, 9.17) is 4.74 Å². The average Bonchev–Trinajstić information content (AvgIpc) is 3.17. The van der Waals surface area contributed by atoms with E-state index in [0.29, 0.717) is 42.6 Å². The predicted octanol–water partition coefficient (Wildman–Crippen LogP) is 4.10. The number of aliphatic imine (C=N–C) groups is 1. The molecule has 170 valence electrons. The van der Waals surface area contributed by atoms with Crippen molar-refractivity contribution >= 4 is 23.5 Å². The van der Waals surface area contributed by atoms with Crippen molar-refractivity contribution in [2.24, 2.45) is 10.9 Å². The molecule has 2 aliphatic carbocycles. The Morgan fingerprint density at radius 3 is 2.85 bits per heavy atom.